The zero-order valence-corrected chi connectivity index (χ0v) is 20.5. The molecule has 0 aromatic carbocycles. The van der Waals surface area contributed by atoms with Crippen LogP contribution in [0.25, 0.3) is 0 Å². The monoisotopic (exact) mass is 424 g/mol. The average molecular weight is 425 g/mol. The first kappa shape index (κ1) is 21.9. The largest absolute Gasteiger partial charge is 0.392 e. The van der Waals surface area contributed by atoms with Crippen LogP contribution in [0.3, 0.4) is 0 Å². The first-order chi connectivity index (χ1) is 14.6. The second-order valence-corrected chi connectivity index (χ2v) is 12.9. The molecule has 2 heteroatoms. The molecule has 5 rings (SSSR count). The van der Waals surface area contributed by atoms with E-state index in [9.17, 15) is 9.90 Å². The van der Waals surface area contributed by atoms with Crippen LogP contribution in [0, 0.1) is 45.8 Å². The highest BCUT2D eigenvalue weighted by atomic mass is 16.3. The number of rotatable bonds is 4. The molecule has 0 unspecified atom stereocenters. The molecule has 2 nitrogen and oxygen atoms in total. The maximum Gasteiger partial charge on any atom is 0.137 e. The number of hydrogen-bond acceptors (Lipinski definition) is 2. The number of carbonyl (C=O) groups is 1. The molecule has 31 heavy (non-hydrogen) atoms. The van der Waals surface area contributed by atoms with Gasteiger partial charge in [0.1, 0.15) is 5.78 Å². The van der Waals surface area contributed by atoms with Gasteiger partial charge in [0, 0.05) is 17.8 Å². The minimum atomic E-state index is -0.176. The molecule has 0 bridgehead atoms. The first-order valence-corrected chi connectivity index (χ1v) is 13.2. The average Bonchev–Trinajstić information content (AvgIpc) is 3.40. The van der Waals surface area contributed by atoms with Gasteiger partial charge in [0.05, 0.1) is 6.10 Å². The van der Waals surface area contributed by atoms with Crippen LogP contribution in [-0.2, 0) is 4.79 Å². The third-order valence-electron chi connectivity index (χ3n) is 11.0. The molecule has 0 aliphatic heterocycles. The molecule has 4 saturated carbocycles. The van der Waals surface area contributed by atoms with E-state index in [0.29, 0.717) is 29.5 Å². The van der Waals surface area contributed by atoms with Crippen molar-refractivity contribution in [3.63, 3.8) is 0 Å². The molecule has 5 aliphatic carbocycles. The van der Waals surface area contributed by atoms with Gasteiger partial charge in [-0.15, -0.1) is 0 Å². The van der Waals surface area contributed by atoms with E-state index in [-0.39, 0.29) is 28.3 Å². The van der Waals surface area contributed by atoms with Crippen molar-refractivity contribution in [1.29, 1.82) is 0 Å². The Morgan fingerprint density at radius 3 is 2.61 bits per heavy atom. The summed E-state index contributed by atoms with van der Waals surface area (Å²) in [6.07, 6.45) is 15.8. The normalized spacial score (nSPS) is 45.9. The van der Waals surface area contributed by atoms with Crippen molar-refractivity contribution in [3.05, 3.63) is 23.3 Å². The van der Waals surface area contributed by atoms with Crippen LogP contribution in [0.15, 0.2) is 23.3 Å². The third-order valence-corrected chi connectivity index (χ3v) is 11.0. The van der Waals surface area contributed by atoms with Gasteiger partial charge in [-0.1, -0.05) is 44.1 Å². The lowest BCUT2D eigenvalue weighted by atomic mass is 9.45. The van der Waals surface area contributed by atoms with Crippen molar-refractivity contribution in [3.8, 4) is 0 Å². The van der Waals surface area contributed by atoms with Gasteiger partial charge in [0.25, 0.3) is 0 Å². The van der Waals surface area contributed by atoms with E-state index in [0.717, 1.165) is 38.5 Å². The van der Waals surface area contributed by atoms with E-state index in [4.69, 9.17) is 0 Å². The highest BCUT2D eigenvalue weighted by Crippen LogP contribution is 2.72. The lowest BCUT2D eigenvalue weighted by molar-refractivity contribution is -0.146. The summed E-state index contributed by atoms with van der Waals surface area (Å²) in [7, 11) is 0. The molecule has 0 amide bonds. The highest BCUT2D eigenvalue weighted by Gasteiger charge is 2.67. The van der Waals surface area contributed by atoms with Crippen molar-refractivity contribution < 1.29 is 9.90 Å². The SMILES string of the molecule is CC(C)=CCC[C@@H](C)[C@H]1CC[C@H]2[C@@H]3CC=C4C5(CC5)[C@H](O)CC[C@]4(C)[C@H]3C(=O)C[C@]12C. The maximum atomic E-state index is 13.9. The summed E-state index contributed by atoms with van der Waals surface area (Å²) in [5, 5.41) is 10.8. The Balaban J connectivity index is 1.42. The standard InChI is InChI=1S/C29H44O2/c1-18(2)7-6-8-19(3)21-10-11-22-20-9-12-24-27(4,14-13-25(31)29(24)15-16-29)26(20)23(30)17-28(21,22)5/h7,12,19-22,25-26,31H,6,8-11,13-17H2,1-5H3/t19-,20+,21-,22+,25-,26-,27+,28-/m1/s1. The van der Waals surface area contributed by atoms with E-state index in [1.165, 1.54) is 36.8 Å². The fourth-order valence-electron chi connectivity index (χ4n) is 9.46. The van der Waals surface area contributed by atoms with Crippen LogP contribution in [0.1, 0.15) is 98.8 Å². The van der Waals surface area contributed by atoms with Crippen LogP contribution in [-0.4, -0.2) is 17.0 Å². The number of aliphatic hydroxyl groups excluding tert-OH is 1. The van der Waals surface area contributed by atoms with Crippen LogP contribution in [0.4, 0.5) is 0 Å². The fraction of sp³-hybridized carbons (Fsp3) is 0.828. The minimum Gasteiger partial charge on any atom is -0.392 e. The van der Waals surface area contributed by atoms with Crippen molar-refractivity contribution in [2.24, 2.45) is 45.8 Å². The molecule has 0 heterocycles. The van der Waals surface area contributed by atoms with Crippen LogP contribution in [0.2, 0.25) is 0 Å². The molecule has 4 fully saturated rings. The Morgan fingerprint density at radius 2 is 1.94 bits per heavy atom. The molecular weight excluding hydrogens is 380 g/mol. The topological polar surface area (TPSA) is 37.3 Å². The summed E-state index contributed by atoms with van der Waals surface area (Å²) in [5.41, 5.74) is 3.14. The quantitative estimate of drug-likeness (QED) is 0.500. The van der Waals surface area contributed by atoms with Gasteiger partial charge in [0.2, 0.25) is 0 Å². The Hall–Kier alpha value is -0.890. The number of aliphatic hydroxyl groups is 1. The molecule has 0 saturated heterocycles. The Bertz CT molecular complexity index is 813. The summed E-state index contributed by atoms with van der Waals surface area (Å²) >= 11 is 0. The number of ketones is 1. The van der Waals surface area contributed by atoms with Crippen LogP contribution in [0.5, 0.6) is 0 Å². The zero-order chi connectivity index (χ0) is 22.2. The molecule has 0 aromatic rings. The minimum absolute atomic E-state index is 0.00418. The number of Topliss-reactive ketones (excluding diaryl/α,β-unsaturated/α-hetero) is 1. The number of fused-ring (bicyclic) bond motifs is 6. The predicted octanol–water partition coefficient (Wildman–Crippen LogP) is 6.88. The Labute approximate surface area is 190 Å². The van der Waals surface area contributed by atoms with Crippen LogP contribution >= 0.6 is 0 Å². The fourth-order valence-corrected chi connectivity index (χ4v) is 9.46. The number of allylic oxidation sites excluding steroid dienone is 3. The van der Waals surface area contributed by atoms with E-state index < -0.39 is 0 Å². The van der Waals surface area contributed by atoms with Crippen molar-refractivity contribution in [2.75, 3.05) is 0 Å². The Kier molecular flexibility index (Phi) is 5.17. The maximum absolute atomic E-state index is 13.9. The number of carbonyl (C=O) groups excluding carboxylic acids is 1. The van der Waals surface area contributed by atoms with Crippen molar-refractivity contribution in [1.82, 2.24) is 0 Å². The van der Waals surface area contributed by atoms with Crippen LogP contribution < -0.4 is 0 Å². The van der Waals surface area contributed by atoms with Gasteiger partial charge in [-0.25, -0.2) is 0 Å². The molecule has 1 spiro atoms. The van der Waals surface area contributed by atoms with Crippen molar-refractivity contribution in [2.45, 2.75) is 105 Å². The molecule has 0 radical (unpaired) electrons. The lowest BCUT2D eigenvalue weighted by Crippen LogP contribution is -2.56. The summed E-state index contributed by atoms with van der Waals surface area (Å²) < 4.78 is 0. The first-order valence-electron chi connectivity index (χ1n) is 13.2. The molecular formula is C29H44O2. The van der Waals surface area contributed by atoms with Crippen molar-refractivity contribution >= 4 is 5.78 Å². The molecule has 1 N–H and O–H groups in total. The Morgan fingerprint density at radius 1 is 1.19 bits per heavy atom. The predicted molar refractivity (Wildman–Crippen MR) is 126 cm³/mol. The van der Waals surface area contributed by atoms with Gasteiger partial charge in [-0.05, 0) is 106 Å². The highest BCUT2D eigenvalue weighted by molar-refractivity contribution is 5.85. The summed E-state index contributed by atoms with van der Waals surface area (Å²) in [6, 6.07) is 0. The summed E-state index contributed by atoms with van der Waals surface area (Å²) in [5.74, 6) is 3.38. The zero-order valence-electron chi connectivity index (χ0n) is 20.5. The van der Waals surface area contributed by atoms with Gasteiger partial charge in [-0.2, -0.15) is 0 Å². The second-order valence-electron chi connectivity index (χ2n) is 12.9. The van der Waals surface area contributed by atoms with E-state index in [1.54, 1.807) is 0 Å². The second kappa shape index (κ2) is 7.31. The van der Waals surface area contributed by atoms with Gasteiger partial charge in [0.15, 0.2) is 0 Å². The van der Waals surface area contributed by atoms with Gasteiger partial charge < -0.3 is 5.11 Å². The molecule has 0 aromatic heterocycles. The molecule has 8 atom stereocenters. The molecule has 172 valence electrons. The molecule has 5 aliphatic rings. The summed E-state index contributed by atoms with van der Waals surface area (Å²) in [6.45, 7) is 11.7. The van der Waals surface area contributed by atoms with E-state index >= 15 is 0 Å². The smallest absolute Gasteiger partial charge is 0.137 e. The summed E-state index contributed by atoms with van der Waals surface area (Å²) in [4.78, 5) is 13.9. The van der Waals surface area contributed by atoms with Gasteiger partial charge in [-0.3, -0.25) is 4.79 Å². The van der Waals surface area contributed by atoms with E-state index in [2.05, 4.69) is 46.8 Å². The van der Waals surface area contributed by atoms with Gasteiger partial charge >= 0.3 is 0 Å². The van der Waals surface area contributed by atoms with E-state index in [1.807, 2.05) is 0 Å². The number of hydrogen-bond donors (Lipinski definition) is 1. The lowest BCUT2D eigenvalue weighted by Gasteiger charge is -2.59. The third kappa shape index (κ3) is 3.10.